The molecule has 1 N–H and O–H groups in total. The number of rotatable bonds is 4. The Morgan fingerprint density at radius 1 is 1.04 bits per heavy atom. The van der Waals surface area contributed by atoms with Crippen molar-refractivity contribution in [3.63, 3.8) is 0 Å². The molecule has 0 unspecified atom stereocenters. The number of aryl methyl sites for hydroxylation is 2. The van der Waals surface area contributed by atoms with Gasteiger partial charge in [-0.1, -0.05) is 42.5 Å². The first-order chi connectivity index (χ1) is 11.5. The first-order valence-electron chi connectivity index (χ1n) is 7.94. The molecule has 0 aliphatic rings. The minimum Gasteiger partial charge on any atom is -0.314 e. The fraction of sp³-hybridized carbons (Fsp3) is 0.200. The lowest BCUT2D eigenvalue weighted by Crippen LogP contribution is -2.25. The van der Waals surface area contributed by atoms with Crippen LogP contribution in [0.15, 0.2) is 54.7 Å². The molecule has 0 aliphatic carbocycles. The van der Waals surface area contributed by atoms with E-state index in [-0.39, 0.29) is 12.3 Å². The van der Waals surface area contributed by atoms with Crippen LogP contribution in [0.3, 0.4) is 0 Å². The molecule has 0 aliphatic heterocycles. The summed E-state index contributed by atoms with van der Waals surface area (Å²) in [6.45, 7) is 4.33. The molecule has 0 spiro atoms. The quantitative estimate of drug-likeness (QED) is 0.736. The number of hydrogen-bond donors (Lipinski definition) is 1. The van der Waals surface area contributed by atoms with E-state index < -0.39 is 0 Å². The van der Waals surface area contributed by atoms with Crippen molar-refractivity contribution in [2.24, 2.45) is 7.05 Å². The highest BCUT2D eigenvalue weighted by Crippen LogP contribution is 2.21. The number of hydrogen-bond acceptors (Lipinski definition) is 2. The molecule has 0 fully saturated rings. The Morgan fingerprint density at radius 2 is 1.75 bits per heavy atom. The van der Waals surface area contributed by atoms with E-state index in [1.807, 2.05) is 36.0 Å². The predicted molar refractivity (Wildman–Crippen MR) is 94.9 cm³/mol. The van der Waals surface area contributed by atoms with Gasteiger partial charge >= 0.3 is 0 Å². The summed E-state index contributed by atoms with van der Waals surface area (Å²) in [7, 11) is 1.86. The van der Waals surface area contributed by atoms with Gasteiger partial charge in [0, 0.05) is 18.8 Å². The Morgan fingerprint density at radius 3 is 2.42 bits per heavy atom. The highest BCUT2D eigenvalue weighted by molar-refractivity contribution is 5.95. The maximum absolute atomic E-state index is 12.4. The lowest BCUT2D eigenvalue weighted by atomic mass is 10.0. The van der Waals surface area contributed by atoms with E-state index in [0.29, 0.717) is 11.2 Å². The maximum Gasteiger partial charge on any atom is 0.202 e. The van der Waals surface area contributed by atoms with Crippen LogP contribution in [-0.4, -0.2) is 14.9 Å². The third-order valence-electron chi connectivity index (χ3n) is 4.44. The van der Waals surface area contributed by atoms with E-state index in [0.717, 1.165) is 11.3 Å². The number of ketones is 1. The van der Waals surface area contributed by atoms with Crippen LogP contribution in [0.4, 0.5) is 0 Å². The minimum atomic E-state index is 0.00587. The molecular formula is C20H21N3O. The summed E-state index contributed by atoms with van der Waals surface area (Å²) in [4.78, 5) is 12.4. The number of imidazole rings is 1. The second-order valence-corrected chi connectivity index (χ2v) is 6.11. The highest BCUT2D eigenvalue weighted by Gasteiger charge is 2.12. The first kappa shape index (κ1) is 16.0. The van der Waals surface area contributed by atoms with Crippen LogP contribution in [0.1, 0.15) is 21.5 Å². The smallest absolute Gasteiger partial charge is 0.202 e. The third-order valence-corrected chi connectivity index (χ3v) is 4.44. The van der Waals surface area contributed by atoms with E-state index in [4.69, 9.17) is 5.41 Å². The number of carbonyl (C=O) groups excluding carboxylic acids is 1. The average molecular weight is 319 g/mol. The summed E-state index contributed by atoms with van der Waals surface area (Å²) in [5.41, 5.74) is 5.43. The van der Waals surface area contributed by atoms with Crippen LogP contribution >= 0.6 is 0 Å². The zero-order chi connectivity index (χ0) is 17.3. The molecule has 0 atom stereocenters. The molecule has 122 valence electrons. The number of aromatic nitrogens is 2. The van der Waals surface area contributed by atoms with Gasteiger partial charge in [0.15, 0.2) is 5.78 Å². The summed E-state index contributed by atoms with van der Waals surface area (Å²) in [5.74, 6) is 0.00587. The van der Waals surface area contributed by atoms with E-state index in [1.165, 1.54) is 11.1 Å². The first-order valence-corrected chi connectivity index (χ1v) is 7.94. The molecule has 4 nitrogen and oxygen atoms in total. The molecule has 1 heterocycles. The Bertz CT molecular complexity index is 949. The van der Waals surface area contributed by atoms with Gasteiger partial charge < -0.3 is 9.13 Å². The molecule has 0 amide bonds. The van der Waals surface area contributed by atoms with Crippen LogP contribution in [0.5, 0.6) is 0 Å². The van der Waals surface area contributed by atoms with Crippen LogP contribution in [0, 0.1) is 19.3 Å². The summed E-state index contributed by atoms with van der Waals surface area (Å²) in [5, 5.41) is 8.29. The second kappa shape index (κ2) is 6.32. The topological polar surface area (TPSA) is 50.8 Å². The summed E-state index contributed by atoms with van der Waals surface area (Å²) in [6, 6.07) is 15.5. The van der Waals surface area contributed by atoms with Gasteiger partial charge in [-0.15, -0.1) is 0 Å². The normalized spacial score (nSPS) is 10.8. The number of benzene rings is 2. The Kier molecular flexibility index (Phi) is 4.21. The van der Waals surface area contributed by atoms with Gasteiger partial charge in [-0.05, 0) is 36.6 Å². The standard InChI is InChI=1S/C20H21N3O/c1-14-9-10-17(11-15(14)2)18-12-23(20(21)22(18)3)13-19(24)16-7-5-4-6-8-16/h4-12,21H,13H2,1-3H3. The Balaban J connectivity index is 1.95. The molecule has 24 heavy (non-hydrogen) atoms. The van der Waals surface area contributed by atoms with Crippen LogP contribution in [0.2, 0.25) is 0 Å². The molecule has 0 saturated heterocycles. The van der Waals surface area contributed by atoms with Crippen molar-refractivity contribution >= 4 is 5.78 Å². The highest BCUT2D eigenvalue weighted by atomic mass is 16.1. The van der Waals surface area contributed by atoms with Crippen molar-refractivity contribution < 1.29 is 4.79 Å². The number of nitrogens with one attached hydrogen (secondary N) is 1. The van der Waals surface area contributed by atoms with Crippen molar-refractivity contribution in [2.45, 2.75) is 20.4 Å². The lowest BCUT2D eigenvalue weighted by Gasteiger charge is -2.05. The van der Waals surface area contributed by atoms with Gasteiger partial charge in [-0.25, -0.2) is 0 Å². The molecule has 0 saturated carbocycles. The molecular weight excluding hydrogens is 298 g/mol. The summed E-state index contributed by atoms with van der Waals surface area (Å²) >= 11 is 0. The molecule has 0 radical (unpaired) electrons. The van der Waals surface area contributed by atoms with Crippen molar-refractivity contribution in [3.8, 4) is 11.3 Å². The molecule has 2 aromatic carbocycles. The molecule has 0 bridgehead atoms. The number of Topliss-reactive ketones (excluding diaryl/α,β-unsaturated/α-hetero) is 1. The predicted octanol–water partition coefficient (Wildman–Crippen LogP) is 3.47. The minimum absolute atomic E-state index is 0.00587. The van der Waals surface area contributed by atoms with Crippen molar-refractivity contribution in [1.82, 2.24) is 9.13 Å². The van der Waals surface area contributed by atoms with Gasteiger partial charge in [0.25, 0.3) is 0 Å². The summed E-state index contributed by atoms with van der Waals surface area (Å²) in [6.07, 6.45) is 1.88. The largest absolute Gasteiger partial charge is 0.314 e. The van der Waals surface area contributed by atoms with E-state index >= 15 is 0 Å². The molecule has 3 rings (SSSR count). The zero-order valence-electron chi connectivity index (χ0n) is 14.2. The third kappa shape index (κ3) is 2.95. The average Bonchev–Trinajstić information content (AvgIpc) is 2.86. The maximum atomic E-state index is 12.4. The molecule has 3 aromatic rings. The SMILES string of the molecule is Cc1ccc(-c2cn(CC(=O)c3ccccc3)c(=N)n2C)cc1C. The van der Waals surface area contributed by atoms with E-state index in [1.54, 1.807) is 16.7 Å². The van der Waals surface area contributed by atoms with Gasteiger partial charge in [0.1, 0.15) is 0 Å². The Hall–Kier alpha value is -2.88. The van der Waals surface area contributed by atoms with E-state index in [9.17, 15) is 4.79 Å². The van der Waals surface area contributed by atoms with Gasteiger partial charge in [-0.3, -0.25) is 10.2 Å². The van der Waals surface area contributed by atoms with Crippen molar-refractivity contribution in [2.75, 3.05) is 0 Å². The van der Waals surface area contributed by atoms with Crippen LogP contribution < -0.4 is 5.62 Å². The van der Waals surface area contributed by atoms with Crippen LogP contribution in [0.25, 0.3) is 11.3 Å². The number of carbonyl (C=O) groups is 1. The molecule has 4 heteroatoms. The lowest BCUT2D eigenvalue weighted by molar-refractivity contribution is 0.0970. The zero-order valence-corrected chi connectivity index (χ0v) is 14.2. The fourth-order valence-corrected chi connectivity index (χ4v) is 2.76. The van der Waals surface area contributed by atoms with Crippen molar-refractivity contribution in [3.05, 3.63) is 77.0 Å². The monoisotopic (exact) mass is 319 g/mol. The fourth-order valence-electron chi connectivity index (χ4n) is 2.76. The molecule has 1 aromatic heterocycles. The van der Waals surface area contributed by atoms with Gasteiger partial charge in [-0.2, -0.15) is 0 Å². The van der Waals surface area contributed by atoms with Crippen LogP contribution in [-0.2, 0) is 13.6 Å². The number of nitrogens with zero attached hydrogens (tertiary/aromatic N) is 2. The van der Waals surface area contributed by atoms with Crippen molar-refractivity contribution in [1.29, 1.82) is 5.41 Å². The van der Waals surface area contributed by atoms with E-state index in [2.05, 4.69) is 32.0 Å². The Labute approximate surface area is 141 Å². The second-order valence-electron chi connectivity index (χ2n) is 6.11. The summed E-state index contributed by atoms with van der Waals surface area (Å²) < 4.78 is 3.50. The van der Waals surface area contributed by atoms with Gasteiger partial charge in [0.2, 0.25) is 5.62 Å². The van der Waals surface area contributed by atoms with Gasteiger partial charge in [0.05, 0.1) is 12.2 Å².